The molecule has 0 heterocycles. The second-order valence-corrected chi connectivity index (χ2v) is 8.34. The van der Waals surface area contributed by atoms with E-state index in [2.05, 4.69) is 44.2 Å². The molecule has 1 aromatic carbocycles. The van der Waals surface area contributed by atoms with Crippen LogP contribution >= 0.6 is 0 Å². The van der Waals surface area contributed by atoms with Gasteiger partial charge in [-0.15, -0.1) is 0 Å². The lowest BCUT2D eigenvalue weighted by atomic mass is 9.74. The summed E-state index contributed by atoms with van der Waals surface area (Å²) >= 11 is 0. The molecule has 0 nitrogen and oxygen atoms in total. The van der Waals surface area contributed by atoms with E-state index < -0.39 is 0 Å². The van der Waals surface area contributed by atoms with E-state index in [0.717, 1.165) is 17.8 Å². The van der Waals surface area contributed by atoms with E-state index in [-0.39, 0.29) is 0 Å². The number of unbranched alkanes of at least 4 members (excludes halogenated alkanes) is 4. The summed E-state index contributed by atoms with van der Waals surface area (Å²) in [6.07, 6.45) is 18.8. The Kier molecular flexibility index (Phi) is 9.54. The van der Waals surface area contributed by atoms with Crippen LogP contribution in [0.5, 0.6) is 0 Å². The molecule has 1 aliphatic carbocycles. The van der Waals surface area contributed by atoms with Crippen LogP contribution in [0.15, 0.2) is 30.3 Å². The maximum Gasteiger partial charge on any atom is -0.0279 e. The van der Waals surface area contributed by atoms with Gasteiger partial charge in [0.1, 0.15) is 0 Å². The molecular weight excluding hydrogens is 288 g/mol. The fourth-order valence-electron chi connectivity index (χ4n) is 4.59. The monoisotopic (exact) mass is 328 g/mol. The summed E-state index contributed by atoms with van der Waals surface area (Å²) in [6, 6.07) is 11.0. The minimum absolute atomic E-state index is 0.930. The van der Waals surface area contributed by atoms with Gasteiger partial charge in [-0.25, -0.2) is 0 Å². The van der Waals surface area contributed by atoms with Crippen LogP contribution < -0.4 is 0 Å². The summed E-state index contributed by atoms with van der Waals surface area (Å²) in [5.41, 5.74) is 1.51. The smallest absolute Gasteiger partial charge is 0.0279 e. The molecule has 0 heteroatoms. The van der Waals surface area contributed by atoms with Crippen molar-refractivity contribution in [3.05, 3.63) is 35.9 Å². The van der Waals surface area contributed by atoms with E-state index in [4.69, 9.17) is 0 Å². The van der Waals surface area contributed by atoms with Crippen molar-refractivity contribution in [3.8, 4) is 0 Å². The van der Waals surface area contributed by atoms with Gasteiger partial charge in [0.05, 0.1) is 0 Å². The van der Waals surface area contributed by atoms with Gasteiger partial charge >= 0.3 is 0 Å². The second kappa shape index (κ2) is 11.7. The van der Waals surface area contributed by atoms with Gasteiger partial charge in [-0.1, -0.05) is 102 Å². The van der Waals surface area contributed by atoms with E-state index >= 15 is 0 Å². The molecule has 0 amide bonds. The van der Waals surface area contributed by atoms with Crippen LogP contribution in [0.4, 0.5) is 0 Å². The first kappa shape index (κ1) is 19.5. The van der Waals surface area contributed by atoms with Crippen molar-refractivity contribution in [1.82, 2.24) is 0 Å². The molecule has 1 aromatic rings. The molecule has 1 aliphatic rings. The zero-order valence-corrected chi connectivity index (χ0v) is 16.3. The Morgan fingerprint density at radius 1 is 0.875 bits per heavy atom. The molecule has 0 spiro atoms. The van der Waals surface area contributed by atoms with Crippen molar-refractivity contribution < 1.29 is 0 Å². The van der Waals surface area contributed by atoms with Crippen LogP contribution in [0.1, 0.15) is 96.5 Å². The Bertz CT molecular complexity index is 399. The van der Waals surface area contributed by atoms with E-state index in [1.165, 1.54) is 89.0 Å². The minimum atomic E-state index is 0.930. The molecule has 0 saturated heterocycles. The molecule has 0 aliphatic heterocycles. The van der Waals surface area contributed by atoms with Gasteiger partial charge in [0, 0.05) is 0 Å². The predicted molar refractivity (Wildman–Crippen MR) is 107 cm³/mol. The van der Waals surface area contributed by atoms with Gasteiger partial charge in [-0.2, -0.15) is 0 Å². The van der Waals surface area contributed by atoms with Crippen LogP contribution in [0.25, 0.3) is 0 Å². The average Bonchev–Trinajstić information content (AvgIpc) is 2.63. The standard InChI is InChI=1S/C24H40/c1-3-4-5-6-8-15-23-17-19-24(20-18-23)21(2)12-11-16-22-13-9-7-10-14-22/h7,9-10,13-14,21,23-24H,3-6,8,11-12,15-20H2,1-2H3. The Morgan fingerprint density at radius 2 is 1.58 bits per heavy atom. The Balaban J connectivity index is 1.54. The summed E-state index contributed by atoms with van der Waals surface area (Å²) in [7, 11) is 0. The van der Waals surface area contributed by atoms with Gasteiger partial charge in [0.15, 0.2) is 0 Å². The van der Waals surface area contributed by atoms with Crippen molar-refractivity contribution in [2.75, 3.05) is 0 Å². The predicted octanol–water partition coefficient (Wildman–Crippen LogP) is 7.81. The first-order chi connectivity index (χ1) is 11.8. The van der Waals surface area contributed by atoms with Crippen molar-refractivity contribution >= 4 is 0 Å². The molecule has 24 heavy (non-hydrogen) atoms. The summed E-state index contributed by atoms with van der Waals surface area (Å²) in [5, 5.41) is 0. The lowest BCUT2D eigenvalue weighted by Crippen LogP contribution is -2.20. The average molecular weight is 329 g/mol. The highest BCUT2D eigenvalue weighted by atomic mass is 14.3. The van der Waals surface area contributed by atoms with Crippen molar-refractivity contribution in [2.24, 2.45) is 17.8 Å². The van der Waals surface area contributed by atoms with Crippen LogP contribution in [0, 0.1) is 17.8 Å². The Morgan fingerprint density at radius 3 is 2.29 bits per heavy atom. The topological polar surface area (TPSA) is 0 Å². The first-order valence-electron chi connectivity index (χ1n) is 10.8. The Hall–Kier alpha value is -0.780. The van der Waals surface area contributed by atoms with Crippen LogP contribution in [-0.2, 0) is 6.42 Å². The molecule has 136 valence electrons. The Labute approximate surface area is 151 Å². The highest BCUT2D eigenvalue weighted by molar-refractivity contribution is 5.14. The summed E-state index contributed by atoms with van der Waals surface area (Å²) in [5.74, 6) is 3.00. The van der Waals surface area contributed by atoms with Crippen molar-refractivity contribution in [1.29, 1.82) is 0 Å². The maximum absolute atomic E-state index is 2.51. The summed E-state index contributed by atoms with van der Waals surface area (Å²) in [6.45, 7) is 4.82. The molecule has 0 bridgehead atoms. The SMILES string of the molecule is CCCCCCCC1CCC(C(C)CCCc2ccccc2)CC1. The van der Waals surface area contributed by atoms with Gasteiger partial charge < -0.3 is 0 Å². The fourth-order valence-corrected chi connectivity index (χ4v) is 4.59. The van der Waals surface area contributed by atoms with Crippen LogP contribution in [0.2, 0.25) is 0 Å². The largest absolute Gasteiger partial charge is 0.0654 e. The number of rotatable bonds is 11. The van der Waals surface area contributed by atoms with Gasteiger partial charge in [-0.3, -0.25) is 0 Å². The first-order valence-corrected chi connectivity index (χ1v) is 10.8. The van der Waals surface area contributed by atoms with Crippen LogP contribution in [-0.4, -0.2) is 0 Å². The zero-order valence-electron chi connectivity index (χ0n) is 16.3. The molecule has 1 unspecified atom stereocenters. The molecule has 0 radical (unpaired) electrons. The molecule has 1 saturated carbocycles. The third-order valence-electron chi connectivity index (χ3n) is 6.38. The van der Waals surface area contributed by atoms with E-state index in [1.807, 2.05) is 0 Å². The number of hydrogen-bond acceptors (Lipinski definition) is 0. The molecule has 1 fully saturated rings. The quantitative estimate of drug-likeness (QED) is 0.363. The molecular formula is C24H40. The van der Waals surface area contributed by atoms with Crippen molar-refractivity contribution in [2.45, 2.75) is 97.3 Å². The van der Waals surface area contributed by atoms with Crippen LogP contribution in [0.3, 0.4) is 0 Å². The molecule has 0 N–H and O–H groups in total. The van der Waals surface area contributed by atoms with E-state index in [0.29, 0.717) is 0 Å². The number of hydrogen-bond donors (Lipinski definition) is 0. The highest BCUT2D eigenvalue weighted by Gasteiger charge is 2.24. The van der Waals surface area contributed by atoms with Gasteiger partial charge in [0.2, 0.25) is 0 Å². The highest BCUT2D eigenvalue weighted by Crippen LogP contribution is 2.37. The van der Waals surface area contributed by atoms with E-state index in [9.17, 15) is 0 Å². The second-order valence-electron chi connectivity index (χ2n) is 8.34. The lowest BCUT2D eigenvalue weighted by Gasteiger charge is -2.32. The van der Waals surface area contributed by atoms with Gasteiger partial charge in [0.25, 0.3) is 0 Å². The number of benzene rings is 1. The summed E-state index contributed by atoms with van der Waals surface area (Å²) in [4.78, 5) is 0. The fraction of sp³-hybridized carbons (Fsp3) is 0.750. The lowest BCUT2D eigenvalue weighted by molar-refractivity contribution is 0.196. The molecule has 2 rings (SSSR count). The molecule has 0 aromatic heterocycles. The number of aryl methyl sites for hydroxylation is 1. The normalized spacial score (nSPS) is 22.4. The summed E-state index contributed by atoms with van der Waals surface area (Å²) < 4.78 is 0. The third kappa shape index (κ3) is 7.41. The van der Waals surface area contributed by atoms with Gasteiger partial charge in [-0.05, 0) is 49.0 Å². The zero-order chi connectivity index (χ0) is 17.0. The van der Waals surface area contributed by atoms with Crippen molar-refractivity contribution in [3.63, 3.8) is 0 Å². The molecule has 1 atom stereocenters. The third-order valence-corrected chi connectivity index (χ3v) is 6.38. The maximum atomic E-state index is 2.51. The van der Waals surface area contributed by atoms with E-state index in [1.54, 1.807) is 0 Å². The minimum Gasteiger partial charge on any atom is -0.0654 e.